The Kier molecular flexibility index (Phi) is 2.93. The summed E-state index contributed by atoms with van der Waals surface area (Å²) in [6.45, 7) is 3.79. The molecule has 1 nitrogen and oxygen atoms in total. The highest BCUT2D eigenvalue weighted by molar-refractivity contribution is 6.07. The Hall–Kier alpha value is -1.65. The van der Waals surface area contributed by atoms with Gasteiger partial charge in [0.2, 0.25) is 5.78 Å². The third kappa shape index (κ3) is 1.91. The van der Waals surface area contributed by atoms with E-state index in [1.54, 1.807) is 0 Å². The van der Waals surface area contributed by atoms with Crippen LogP contribution in [0.1, 0.15) is 15.9 Å². The van der Waals surface area contributed by atoms with Crippen LogP contribution in [0.2, 0.25) is 0 Å². The zero-order chi connectivity index (χ0) is 11.7. The molecule has 0 fully saturated rings. The molecule has 0 saturated carbocycles. The van der Waals surface area contributed by atoms with Crippen molar-refractivity contribution in [3.63, 3.8) is 0 Å². The van der Waals surface area contributed by atoms with Gasteiger partial charge in [-0.1, -0.05) is 6.58 Å². The molecule has 0 aliphatic heterocycles. The van der Waals surface area contributed by atoms with Gasteiger partial charge < -0.3 is 0 Å². The number of rotatable bonds is 2. The smallest absolute Gasteiger partial charge is 0.223 e. The molecule has 0 spiro atoms. The van der Waals surface area contributed by atoms with Gasteiger partial charge in [-0.05, 0) is 18.6 Å². The molecule has 0 atom stereocenters. The number of ketones is 1. The van der Waals surface area contributed by atoms with E-state index in [1.807, 2.05) is 0 Å². The lowest BCUT2D eigenvalue weighted by Gasteiger charge is -2.04. The van der Waals surface area contributed by atoms with Crippen molar-refractivity contribution in [1.82, 2.24) is 0 Å². The van der Waals surface area contributed by atoms with E-state index in [2.05, 4.69) is 6.58 Å². The Morgan fingerprint density at radius 1 is 1.20 bits per heavy atom. The highest BCUT2D eigenvalue weighted by atomic mass is 19.2. The number of Topliss-reactive ketones (excluding diaryl/α,β-unsaturated/α-hetero) is 1. The number of hydrogen-bond acceptors (Lipinski definition) is 1. The van der Waals surface area contributed by atoms with Gasteiger partial charge in [-0.2, -0.15) is 0 Å². The number of carbonyl (C=O) groups is 1. The van der Waals surface area contributed by atoms with Crippen LogP contribution in [0, 0.1) is 24.4 Å². The Balaban J connectivity index is 3.45. The highest BCUT2D eigenvalue weighted by Gasteiger charge is 2.22. The van der Waals surface area contributed by atoms with Crippen molar-refractivity contribution in [1.29, 1.82) is 0 Å². The topological polar surface area (TPSA) is 17.1 Å². The molecule has 1 aromatic rings. The Labute approximate surface area is 83.0 Å². The van der Waals surface area contributed by atoms with E-state index in [9.17, 15) is 22.4 Å². The van der Waals surface area contributed by atoms with Crippen LogP contribution in [0.25, 0.3) is 0 Å². The van der Waals surface area contributed by atoms with Gasteiger partial charge in [0.05, 0.1) is 5.56 Å². The summed E-state index contributed by atoms with van der Waals surface area (Å²) < 4.78 is 51.0. The Bertz CT molecular complexity index is 451. The summed E-state index contributed by atoms with van der Waals surface area (Å²) in [7, 11) is 0. The predicted octanol–water partition coefficient (Wildman–Crippen LogP) is 3.08. The van der Waals surface area contributed by atoms with E-state index in [4.69, 9.17) is 0 Å². The molecule has 5 heteroatoms. The molecule has 0 saturated heterocycles. The minimum Gasteiger partial charge on any atom is -0.286 e. The molecule has 0 unspecified atom stereocenters. The second-order valence-electron chi connectivity index (χ2n) is 2.92. The zero-order valence-corrected chi connectivity index (χ0v) is 7.70. The van der Waals surface area contributed by atoms with E-state index in [-0.39, 0.29) is 5.56 Å². The minimum absolute atomic E-state index is 0.279. The van der Waals surface area contributed by atoms with Crippen molar-refractivity contribution in [2.45, 2.75) is 6.92 Å². The molecule has 0 heterocycles. The van der Waals surface area contributed by atoms with Crippen LogP contribution < -0.4 is 0 Å². The van der Waals surface area contributed by atoms with E-state index in [1.165, 1.54) is 0 Å². The molecule has 1 aromatic carbocycles. The van der Waals surface area contributed by atoms with Gasteiger partial charge in [0.1, 0.15) is 0 Å². The maximum absolute atomic E-state index is 13.0. The summed E-state index contributed by atoms with van der Waals surface area (Å²) in [5.41, 5.74) is -1.14. The third-order valence-corrected chi connectivity index (χ3v) is 1.82. The van der Waals surface area contributed by atoms with Crippen LogP contribution in [-0.4, -0.2) is 5.78 Å². The van der Waals surface area contributed by atoms with Crippen molar-refractivity contribution in [3.8, 4) is 0 Å². The molecule has 1 rings (SSSR count). The first-order valence-electron chi connectivity index (χ1n) is 3.89. The number of carbonyl (C=O) groups excluding carboxylic acids is 1. The second kappa shape index (κ2) is 3.84. The third-order valence-electron chi connectivity index (χ3n) is 1.82. The fraction of sp³-hybridized carbons (Fsp3) is 0.100. The number of benzene rings is 1. The summed E-state index contributed by atoms with van der Waals surface area (Å²) in [6, 6.07) is 0.737. The van der Waals surface area contributed by atoms with Gasteiger partial charge in [-0.3, -0.25) is 4.79 Å². The monoisotopic (exact) mass is 218 g/mol. The summed E-state index contributed by atoms with van der Waals surface area (Å²) in [4.78, 5) is 11.0. The zero-order valence-electron chi connectivity index (χ0n) is 7.70. The summed E-state index contributed by atoms with van der Waals surface area (Å²) in [5, 5.41) is 0. The molecule has 80 valence electrons. The second-order valence-corrected chi connectivity index (χ2v) is 2.92. The Morgan fingerprint density at radius 2 is 1.73 bits per heavy atom. The molecule has 0 aliphatic carbocycles. The molecule has 0 amide bonds. The number of halogens is 4. The molecule has 0 aliphatic rings. The SMILES string of the molecule is C=C(F)C(=O)c1cc(C)c(F)c(F)c1F. The van der Waals surface area contributed by atoms with Crippen molar-refractivity contribution in [3.05, 3.63) is 47.1 Å². The fourth-order valence-corrected chi connectivity index (χ4v) is 1.04. The van der Waals surface area contributed by atoms with Gasteiger partial charge in [-0.25, -0.2) is 17.6 Å². The van der Waals surface area contributed by atoms with Gasteiger partial charge in [0.15, 0.2) is 23.3 Å². The van der Waals surface area contributed by atoms with Crippen LogP contribution in [0.4, 0.5) is 17.6 Å². The first kappa shape index (κ1) is 11.4. The molecular weight excluding hydrogens is 212 g/mol. The molecular formula is C10H6F4O. The van der Waals surface area contributed by atoms with Crippen LogP contribution >= 0.6 is 0 Å². The van der Waals surface area contributed by atoms with Crippen LogP contribution in [0.5, 0.6) is 0 Å². The van der Waals surface area contributed by atoms with Crippen LogP contribution in [0.15, 0.2) is 18.5 Å². The average Bonchev–Trinajstić information content (AvgIpc) is 2.19. The molecule has 0 bridgehead atoms. The minimum atomic E-state index is -1.79. The van der Waals surface area contributed by atoms with Crippen LogP contribution in [0.3, 0.4) is 0 Å². The number of allylic oxidation sites excluding steroid dienone is 1. The molecule has 0 N–H and O–H groups in total. The lowest BCUT2D eigenvalue weighted by atomic mass is 10.1. The molecule has 0 radical (unpaired) electrons. The first-order valence-corrected chi connectivity index (χ1v) is 3.89. The number of aryl methyl sites for hydroxylation is 1. The van der Waals surface area contributed by atoms with Gasteiger partial charge in [0.25, 0.3) is 0 Å². The van der Waals surface area contributed by atoms with Crippen molar-refractivity contribution < 1.29 is 22.4 Å². The standard InChI is InChI=1S/C10H6F4O/c1-4-3-6(10(15)5(2)11)8(13)9(14)7(4)12/h3H,2H2,1H3. The average molecular weight is 218 g/mol. The normalized spacial score (nSPS) is 10.2. The van der Waals surface area contributed by atoms with Gasteiger partial charge in [0, 0.05) is 0 Å². The van der Waals surface area contributed by atoms with E-state index in [0.29, 0.717) is 0 Å². The Morgan fingerprint density at radius 3 is 2.20 bits per heavy atom. The van der Waals surface area contributed by atoms with Gasteiger partial charge in [-0.15, -0.1) is 0 Å². The largest absolute Gasteiger partial charge is 0.286 e. The summed E-state index contributed by atoms with van der Waals surface area (Å²) in [5.74, 6) is -7.72. The predicted molar refractivity (Wildman–Crippen MR) is 45.6 cm³/mol. The highest BCUT2D eigenvalue weighted by Crippen LogP contribution is 2.21. The molecule has 15 heavy (non-hydrogen) atoms. The van der Waals surface area contributed by atoms with Crippen molar-refractivity contribution in [2.24, 2.45) is 0 Å². The quantitative estimate of drug-likeness (QED) is 0.322. The maximum atomic E-state index is 13.0. The lowest BCUT2D eigenvalue weighted by molar-refractivity contribution is 0.1000. The van der Waals surface area contributed by atoms with Crippen molar-refractivity contribution in [2.75, 3.05) is 0 Å². The van der Waals surface area contributed by atoms with E-state index >= 15 is 0 Å². The lowest BCUT2D eigenvalue weighted by Crippen LogP contribution is -2.07. The first-order chi connectivity index (χ1) is 6.86. The van der Waals surface area contributed by atoms with Gasteiger partial charge >= 0.3 is 0 Å². The summed E-state index contributed by atoms with van der Waals surface area (Å²) in [6.07, 6.45) is 0. The maximum Gasteiger partial charge on any atom is 0.223 e. The molecule has 0 aromatic heterocycles. The van der Waals surface area contributed by atoms with Crippen LogP contribution in [-0.2, 0) is 0 Å². The van der Waals surface area contributed by atoms with Crippen molar-refractivity contribution >= 4 is 5.78 Å². The van der Waals surface area contributed by atoms with E-state index < -0.39 is 34.6 Å². The number of hydrogen-bond donors (Lipinski definition) is 0. The fourth-order valence-electron chi connectivity index (χ4n) is 1.04. The van der Waals surface area contributed by atoms with E-state index in [0.717, 1.165) is 13.0 Å². The summed E-state index contributed by atoms with van der Waals surface area (Å²) >= 11 is 0.